The Morgan fingerprint density at radius 3 is 2.93 bits per heavy atom. The molecule has 1 unspecified atom stereocenters. The van der Waals surface area contributed by atoms with Gasteiger partial charge in [-0.25, -0.2) is 0 Å². The molecule has 1 rings (SSSR count). The van der Waals surface area contributed by atoms with Crippen molar-refractivity contribution in [1.29, 1.82) is 0 Å². The first-order valence-electron chi connectivity index (χ1n) is 4.50. The topological polar surface area (TPSA) is 58.3 Å². The Kier molecular flexibility index (Phi) is 4.20. The Balaban J connectivity index is 2.63. The molecule has 0 spiro atoms. The van der Waals surface area contributed by atoms with Crippen molar-refractivity contribution in [2.24, 2.45) is 5.73 Å². The first-order valence-corrected chi connectivity index (χ1v) is 4.88. The Morgan fingerprint density at radius 1 is 1.57 bits per heavy atom. The van der Waals surface area contributed by atoms with Gasteiger partial charge in [0.2, 0.25) is 0 Å². The van der Waals surface area contributed by atoms with Crippen LogP contribution in [0.5, 0.6) is 0 Å². The molecule has 14 heavy (non-hydrogen) atoms. The van der Waals surface area contributed by atoms with Crippen LogP contribution in [0.25, 0.3) is 0 Å². The molecule has 4 heteroatoms. The molecule has 0 aliphatic heterocycles. The van der Waals surface area contributed by atoms with Gasteiger partial charge in [0.15, 0.2) is 0 Å². The molecule has 1 aromatic rings. The molecule has 0 saturated carbocycles. The van der Waals surface area contributed by atoms with E-state index in [9.17, 15) is 0 Å². The van der Waals surface area contributed by atoms with Crippen LogP contribution in [0, 0.1) is 6.92 Å². The lowest BCUT2D eigenvalue weighted by atomic mass is 10.2. The predicted molar refractivity (Wildman–Crippen MR) is 59.7 cm³/mol. The average molecular weight is 215 g/mol. The fourth-order valence-corrected chi connectivity index (χ4v) is 1.28. The number of aliphatic hydroxyl groups excluding tert-OH is 1. The van der Waals surface area contributed by atoms with Crippen LogP contribution in [0.3, 0.4) is 0 Å². The lowest BCUT2D eigenvalue weighted by Gasteiger charge is -2.13. The highest BCUT2D eigenvalue weighted by atomic mass is 35.5. The number of nitrogens with one attached hydrogen (secondary N) is 1. The Hall–Kier alpha value is -0.770. The third-order valence-corrected chi connectivity index (χ3v) is 2.47. The minimum atomic E-state index is -0.242. The second kappa shape index (κ2) is 5.20. The standard InChI is InChI=1S/C10H15ClN2O/c1-7-9(11)3-2-4-10(7)13-5-8(12)6-14/h2-4,8,13-14H,5-6,12H2,1H3. The molecule has 0 aliphatic rings. The number of benzene rings is 1. The zero-order valence-corrected chi connectivity index (χ0v) is 8.88. The number of anilines is 1. The van der Waals surface area contributed by atoms with Crippen LogP contribution in [-0.2, 0) is 0 Å². The quantitative estimate of drug-likeness (QED) is 0.710. The first-order chi connectivity index (χ1) is 6.65. The van der Waals surface area contributed by atoms with E-state index in [-0.39, 0.29) is 12.6 Å². The summed E-state index contributed by atoms with van der Waals surface area (Å²) in [6.07, 6.45) is 0. The van der Waals surface area contributed by atoms with Crippen molar-refractivity contribution in [3.8, 4) is 0 Å². The molecule has 78 valence electrons. The Bertz CT molecular complexity index is 304. The van der Waals surface area contributed by atoms with E-state index in [4.69, 9.17) is 22.4 Å². The minimum absolute atomic E-state index is 0.0212. The van der Waals surface area contributed by atoms with E-state index in [1.54, 1.807) is 0 Å². The van der Waals surface area contributed by atoms with Crippen molar-refractivity contribution < 1.29 is 5.11 Å². The number of halogens is 1. The van der Waals surface area contributed by atoms with E-state index in [1.165, 1.54) is 0 Å². The van der Waals surface area contributed by atoms with Gasteiger partial charge < -0.3 is 16.2 Å². The maximum Gasteiger partial charge on any atom is 0.0599 e. The summed E-state index contributed by atoms with van der Waals surface area (Å²) in [5.74, 6) is 0. The van der Waals surface area contributed by atoms with E-state index < -0.39 is 0 Å². The van der Waals surface area contributed by atoms with Gasteiger partial charge >= 0.3 is 0 Å². The first kappa shape index (κ1) is 11.3. The maximum absolute atomic E-state index is 8.75. The number of hydrogen-bond acceptors (Lipinski definition) is 3. The van der Waals surface area contributed by atoms with Gasteiger partial charge in [0, 0.05) is 23.3 Å². The van der Waals surface area contributed by atoms with Gasteiger partial charge in [-0.2, -0.15) is 0 Å². The van der Waals surface area contributed by atoms with Gasteiger partial charge in [0.05, 0.1) is 6.61 Å². The molecule has 0 aromatic heterocycles. The van der Waals surface area contributed by atoms with Gasteiger partial charge in [-0.15, -0.1) is 0 Å². The lowest BCUT2D eigenvalue weighted by molar-refractivity contribution is 0.270. The summed E-state index contributed by atoms with van der Waals surface area (Å²) >= 11 is 5.94. The molecular weight excluding hydrogens is 200 g/mol. The van der Waals surface area contributed by atoms with Crippen LogP contribution in [-0.4, -0.2) is 24.3 Å². The van der Waals surface area contributed by atoms with Crippen LogP contribution < -0.4 is 11.1 Å². The van der Waals surface area contributed by atoms with Crippen molar-refractivity contribution >= 4 is 17.3 Å². The molecule has 0 heterocycles. The number of hydrogen-bond donors (Lipinski definition) is 3. The van der Waals surface area contributed by atoms with Gasteiger partial charge in [-0.3, -0.25) is 0 Å². The SMILES string of the molecule is Cc1c(Cl)cccc1NCC(N)CO. The summed E-state index contributed by atoms with van der Waals surface area (Å²) in [5.41, 5.74) is 7.52. The Morgan fingerprint density at radius 2 is 2.29 bits per heavy atom. The smallest absolute Gasteiger partial charge is 0.0599 e. The summed E-state index contributed by atoms with van der Waals surface area (Å²) in [5, 5.41) is 12.6. The highest BCUT2D eigenvalue weighted by Gasteiger charge is 2.03. The zero-order chi connectivity index (χ0) is 10.6. The van der Waals surface area contributed by atoms with Crippen LogP contribution in [0.4, 0.5) is 5.69 Å². The van der Waals surface area contributed by atoms with E-state index in [1.807, 2.05) is 25.1 Å². The predicted octanol–water partition coefficient (Wildman–Crippen LogP) is 1.38. The average Bonchev–Trinajstić information content (AvgIpc) is 2.20. The molecule has 0 bridgehead atoms. The lowest BCUT2D eigenvalue weighted by Crippen LogP contribution is -2.32. The highest BCUT2D eigenvalue weighted by molar-refractivity contribution is 6.31. The fourth-order valence-electron chi connectivity index (χ4n) is 1.10. The van der Waals surface area contributed by atoms with Gasteiger partial charge in [0.1, 0.15) is 0 Å². The molecule has 0 saturated heterocycles. The van der Waals surface area contributed by atoms with Crippen molar-refractivity contribution in [1.82, 2.24) is 0 Å². The molecule has 4 N–H and O–H groups in total. The number of nitrogens with two attached hydrogens (primary N) is 1. The minimum Gasteiger partial charge on any atom is -0.395 e. The second-order valence-electron chi connectivity index (χ2n) is 3.24. The summed E-state index contributed by atoms with van der Waals surface area (Å²) < 4.78 is 0. The van der Waals surface area contributed by atoms with Crippen molar-refractivity contribution in [3.05, 3.63) is 28.8 Å². The molecule has 0 fully saturated rings. The number of rotatable bonds is 4. The maximum atomic E-state index is 8.75. The third kappa shape index (κ3) is 2.87. The largest absolute Gasteiger partial charge is 0.395 e. The van der Waals surface area contributed by atoms with Crippen molar-refractivity contribution in [2.45, 2.75) is 13.0 Å². The van der Waals surface area contributed by atoms with Crippen LogP contribution >= 0.6 is 11.6 Å². The molecule has 3 nitrogen and oxygen atoms in total. The third-order valence-electron chi connectivity index (χ3n) is 2.06. The molecule has 0 radical (unpaired) electrons. The van der Waals surface area contributed by atoms with Gasteiger partial charge in [-0.1, -0.05) is 17.7 Å². The van der Waals surface area contributed by atoms with E-state index >= 15 is 0 Å². The summed E-state index contributed by atoms with van der Waals surface area (Å²) in [6.45, 7) is 2.46. The number of aliphatic hydroxyl groups is 1. The second-order valence-corrected chi connectivity index (χ2v) is 3.64. The summed E-state index contributed by atoms with van der Waals surface area (Å²) in [6, 6.07) is 5.41. The summed E-state index contributed by atoms with van der Waals surface area (Å²) in [4.78, 5) is 0. The molecular formula is C10H15ClN2O. The Labute approximate surface area is 88.9 Å². The monoisotopic (exact) mass is 214 g/mol. The van der Waals surface area contributed by atoms with Crippen molar-refractivity contribution in [3.63, 3.8) is 0 Å². The summed E-state index contributed by atoms with van der Waals surface area (Å²) in [7, 11) is 0. The van der Waals surface area contributed by atoms with Gasteiger partial charge in [-0.05, 0) is 24.6 Å². The normalized spacial score (nSPS) is 12.6. The molecule has 0 amide bonds. The highest BCUT2D eigenvalue weighted by Crippen LogP contribution is 2.22. The molecule has 1 aromatic carbocycles. The fraction of sp³-hybridized carbons (Fsp3) is 0.400. The van der Waals surface area contributed by atoms with Crippen molar-refractivity contribution in [2.75, 3.05) is 18.5 Å². The zero-order valence-electron chi connectivity index (χ0n) is 8.13. The van der Waals surface area contributed by atoms with E-state index in [0.717, 1.165) is 16.3 Å². The van der Waals surface area contributed by atoms with Crippen LogP contribution in [0.15, 0.2) is 18.2 Å². The molecule has 1 atom stereocenters. The van der Waals surface area contributed by atoms with Crippen LogP contribution in [0.1, 0.15) is 5.56 Å². The van der Waals surface area contributed by atoms with E-state index in [0.29, 0.717) is 6.54 Å². The van der Waals surface area contributed by atoms with Crippen LogP contribution in [0.2, 0.25) is 5.02 Å². The van der Waals surface area contributed by atoms with E-state index in [2.05, 4.69) is 5.32 Å². The van der Waals surface area contributed by atoms with Gasteiger partial charge in [0.25, 0.3) is 0 Å². The molecule has 0 aliphatic carbocycles.